The van der Waals surface area contributed by atoms with Gasteiger partial charge < -0.3 is 0 Å². The fraction of sp³-hybridized carbons (Fsp3) is 0.226. The highest BCUT2D eigenvalue weighted by atomic mass is 14.6. The third-order valence-electron chi connectivity index (χ3n) is 15.3. The van der Waals surface area contributed by atoms with Gasteiger partial charge in [0.15, 0.2) is 0 Å². The van der Waals surface area contributed by atoms with E-state index in [9.17, 15) is 0 Å². The molecular weight excluding hydrogens is 745 g/mol. The molecule has 0 heteroatoms. The average molecular weight is 799 g/mol. The summed E-state index contributed by atoms with van der Waals surface area (Å²) >= 11 is 0. The van der Waals surface area contributed by atoms with Crippen LogP contribution in [-0.2, 0) is 23.7 Å². The van der Waals surface area contributed by atoms with Crippen LogP contribution in [0, 0.1) is 0 Å². The summed E-state index contributed by atoms with van der Waals surface area (Å²) in [5.41, 5.74) is 27.1. The van der Waals surface area contributed by atoms with Crippen molar-refractivity contribution in [3.8, 4) is 55.6 Å². The Labute approximate surface area is 368 Å². The van der Waals surface area contributed by atoms with Gasteiger partial charge in [0.05, 0.1) is 10.8 Å². The summed E-state index contributed by atoms with van der Waals surface area (Å²) < 4.78 is 0. The fourth-order valence-electron chi connectivity index (χ4n) is 12.8. The zero-order valence-corrected chi connectivity index (χ0v) is 36.2. The van der Waals surface area contributed by atoms with Crippen molar-refractivity contribution in [2.75, 3.05) is 0 Å². The van der Waals surface area contributed by atoms with Gasteiger partial charge in [-0.05, 0) is 137 Å². The van der Waals surface area contributed by atoms with Gasteiger partial charge in [-0.15, -0.1) is 0 Å². The van der Waals surface area contributed by atoms with Crippen molar-refractivity contribution in [3.63, 3.8) is 0 Å². The summed E-state index contributed by atoms with van der Waals surface area (Å²) in [6.45, 7) is 4.62. The average Bonchev–Trinajstić information content (AvgIpc) is 4.00. The number of benzene rings is 8. The Bertz CT molecular complexity index is 2960. The van der Waals surface area contributed by atoms with Gasteiger partial charge in [-0.2, -0.15) is 0 Å². The maximum Gasteiger partial charge on any atom is 0.0725 e. The van der Waals surface area contributed by atoms with E-state index < -0.39 is 5.41 Å². The van der Waals surface area contributed by atoms with Crippen LogP contribution >= 0.6 is 0 Å². The Morgan fingerprint density at radius 1 is 0.274 bits per heavy atom. The molecule has 0 saturated carbocycles. The van der Waals surface area contributed by atoms with Crippen LogP contribution in [0.1, 0.15) is 121 Å². The predicted octanol–water partition coefficient (Wildman–Crippen LogP) is 16.3. The van der Waals surface area contributed by atoms with Crippen molar-refractivity contribution < 1.29 is 0 Å². The molecule has 0 radical (unpaired) electrons. The highest BCUT2D eigenvalue weighted by Gasteiger charge is 2.54. The molecule has 0 unspecified atom stereocenters. The Hall–Kier alpha value is -6.24. The van der Waals surface area contributed by atoms with Crippen molar-refractivity contribution in [2.24, 2.45) is 0 Å². The van der Waals surface area contributed by atoms with E-state index in [2.05, 4.69) is 184 Å². The first-order valence-electron chi connectivity index (χ1n) is 23.6. The summed E-state index contributed by atoms with van der Waals surface area (Å²) in [5, 5.41) is 0. The van der Waals surface area contributed by atoms with Crippen LogP contribution < -0.4 is 0 Å². The number of unbranched alkanes of at least 4 members (excludes halogenated alkanes) is 6. The first-order valence-corrected chi connectivity index (χ1v) is 23.6. The molecule has 302 valence electrons. The van der Waals surface area contributed by atoms with Crippen LogP contribution in [0.5, 0.6) is 0 Å². The van der Waals surface area contributed by atoms with Gasteiger partial charge in [-0.1, -0.05) is 222 Å². The van der Waals surface area contributed by atoms with Crippen LogP contribution in [0.3, 0.4) is 0 Å². The lowest BCUT2D eigenvalue weighted by molar-refractivity contribution is 0.666. The summed E-state index contributed by atoms with van der Waals surface area (Å²) in [4.78, 5) is 0. The Kier molecular flexibility index (Phi) is 8.90. The molecule has 8 aromatic rings. The smallest absolute Gasteiger partial charge is 0.0654 e. The lowest BCUT2D eigenvalue weighted by atomic mass is 9.70. The molecule has 0 aromatic heterocycles. The van der Waals surface area contributed by atoms with Crippen LogP contribution in [-0.4, -0.2) is 0 Å². The largest absolute Gasteiger partial charge is 0.0725 e. The number of fused-ring (bicyclic) bond motifs is 20. The van der Waals surface area contributed by atoms with Crippen molar-refractivity contribution in [1.82, 2.24) is 0 Å². The maximum atomic E-state index is 2.58. The Morgan fingerprint density at radius 3 is 1.03 bits per heavy atom. The lowest BCUT2D eigenvalue weighted by Gasteiger charge is -2.31. The van der Waals surface area contributed by atoms with E-state index in [1.165, 1.54) is 163 Å². The van der Waals surface area contributed by atoms with Gasteiger partial charge in [0, 0.05) is 0 Å². The first kappa shape index (κ1) is 37.5. The van der Waals surface area contributed by atoms with E-state index in [0.29, 0.717) is 0 Å². The van der Waals surface area contributed by atoms with Crippen LogP contribution in [0.15, 0.2) is 170 Å². The van der Waals surface area contributed by atoms with Crippen molar-refractivity contribution in [1.29, 1.82) is 0 Å². The molecule has 8 aromatic carbocycles. The number of hydrogen-bond donors (Lipinski definition) is 0. The third-order valence-corrected chi connectivity index (χ3v) is 15.3. The number of aryl methyl sites for hydroxylation is 2. The molecule has 2 spiro atoms. The highest BCUT2D eigenvalue weighted by molar-refractivity contribution is 6.05. The molecule has 0 atom stereocenters. The summed E-state index contributed by atoms with van der Waals surface area (Å²) in [6, 6.07) is 66.6. The molecule has 0 heterocycles. The number of rotatable bonds is 11. The van der Waals surface area contributed by atoms with E-state index in [-0.39, 0.29) is 5.41 Å². The van der Waals surface area contributed by atoms with Crippen molar-refractivity contribution in [3.05, 3.63) is 225 Å². The fourth-order valence-corrected chi connectivity index (χ4v) is 12.8. The van der Waals surface area contributed by atoms with Gasteiger partial charge >= 0.3 is 0 Å². The lowest BCUT2D eigenvalue weighted by Crippen LogP contribution is -2.26. The third kappa shape index (κ3) is 5.07. The van der Waals surface area contributed by atoms with Crippen molar-refractivity contribution >= 4 is 0 Å². The van der Waals surface area contributed by atoms with E-state index in [1.54, 1.807) is 0 Å². The molecule has 62 heavy (non-hydrogen) atoms. The van der Waals surface area contributed by atoms with Gasteiger partial charge in [-0.25, -0.2) is 0 Å². The molecule has 4 aliphatic rings. The van der Waals surface area contributed by atoms with Gasteiger partial charge in [-0.3, -0.25) is 0 Å². The second-order valence-electron chi connectivity index (χ2n) is 18.5. The molecule has 0 amide bonds. The molecule has 0 saturated heterocycles. The molecule has 0 N–H and O–H groups in total. The van der Waals surface area contributed by atoms with Crippen LogP contribution in [0.4, 0.5) is 0 Å². The zero-order valence-electron chi connectivity index (χ0n) is 36.2. The minimum absolute atomic E-state index is 0.377. The second-order valence-corrected chi connectivity index (χ2v) is 18.5. The second kappa shape index (κ2) is 14.7. The zero-order chi connectivity index (χ0) is 41.4. The molecule has 0 bridgehead atoms. The van der Waals surface area contributed by atoms with Gasteiger partial charge in [0.2, 0.25) is 0 Å². The van der Waals surface area contributed by atoms with Gasteiger partial charge in [0.25, 0.3) is 0 Å². The van der Waals surface area contributed by atoms with E-state index in [1.807, 2.05) is 0 Å². The topological polar surface area (TPSA) is 0 Å². The minimum atomic E-state index is -0.394. The SMILES string of the molecule is CCCCCCc1ccc2c(c1)-c1cc(CCCCCC)ccc1C21c2ccccc2-c2c(-c3cccc4c3-c3ccccc3C43c4ccccc4-c4ccccc43)cccc21. The molecule has 0 fully saturated rings. The highest BCUT2D eigenvalue weighted by Crippen LogP contribution is 2.67. The molecule has 12 rings (SSSR count). The summed E-state index contributed by atoms with van der Waals surface area (Å²) in [7, 11) is 0. The van der Waals surface area contributed by atoms with Crippen molar-refractivity contribution in [2.45, 2.75) is 88.9 Å². The van der Waals surface area contributed by atoms with Crippen LogP contribution in [0.2, 0.25) is 0 Å². The quantitative estimate of drug-likeness (QED) is 0.114. The van der Waals surface area contributed by atoms with E-state index in [4.69, 9.17) is 0 Å². The van der Waals surface area contributed by atoms with E-state index in [0.717, 1.165) is 12.8 Å². The molecule has 0 aliphatic heterocycles. The molecule has 4 aliphatic carbocycles. The van der Waals surface area contributed by atoms with E-state index >= 15 is 0 Å². The standard InChI is InChI=1S/C62H54/c1-3-5-7-9-21-41-35-37-55-49(39-41)50-40-42(22-10-8-6-4-2)36-38-56(50)62(55)54-32-18-14-26-48(54)60-46(28-20-34-58(60)62)45-27-19-33-57-59(45)47-25-13-17-31-53(47)61(57)51-29-15-11-23-43(51)44-24-12-16-30-52(44)61/h11-20,23-40H,3-10,21-22H2,1-2H3. The van der Waals surface area contributed by atoms with Crippen LogP contribution in [0.25, 0.3) is 55.6 Å². The minimum Gasteiger partial charge on any atom is -0.0654 e. The summed E-state index contributed by atoms with van der Waals surface area (Å²) in [5.74, 6) is 0. The Morgan fingerprint density at radius 2 is 0.613 bits per heavy atom. The normalized spacial score (nSPS) is 14.5. The maximum absolute atomic E-state index is 2.58. The predicted molar refractivity (Wildman–Crippen MR) is 260 cm³/mol. The van der Waals surface area contributed by atoms with Gasteiger partial charge in [0.1, 0.15) is 0 Å². The summed E-state index contributed by atoms with van der Waals surface area (Å²) in [6.07, 6.45) is 12.5. The first-order chi connectivity index (χ1) is 30.7. The molecule has 0 nitrogen and oxygen atoms in total. The number of hydrogen-bond acceptors (Lipinski definition) is 0. The molecular formula is C62H54. The monoisotopic (exact) mass is 798 g/mol. The Balaban J connectivity index is 1.09.